The Morgan fingerprint density at radius 3 is 2.78 bits per heavy atom. The van der Waals surface area contributed by atoms with Gasteiger partial charge in [0, 0.05) is 32.5 Å². The van der Waals surface area contributed by atoms with E-state index in [1.807, 2.05) is 37.5 Å². The van der Waals surface area contributed by atoms with Crippen molar-refractivity contribution in [2.45, 2.75) is 13.1 Å². The molecule has 2 aromatic heterocycles. The first-order valence-electron chi connectivity index (χ1n) is 5.99. The van der Waals surface area contributed by atoms with Gasteiger partial charge in [0.1, 0.15) is 5.82 Å². The second kappa shape index (κ2) is 6.12. The Labute approximate surface area is 108 Å². The van der Waals surface area contributed by atoms with E-state index < -0.39 is 0 Å². The maximum Gasteiger partial charge on any atom is 0.126 e. The number of nitrogens with zero attached hydrogens (tertiary/aromatic N) is 3. The number of hydrogen-bond acceptors (Lipinski definition) is 4. The summed E-state index contributed by atoms with van der Waals surface area (Å²) in [5.41, 5.74) is 2.28. The maximum atomic E-state index is 4.50. The molecule has 0 fully saturated rings. The average Bonchev–Trinajstić information content (AvgIpc) is 2.40. The average molecular weight is 242 g/mol. The van der Waals surface area contributed by atoms with Crippen molar-refractivity contribution in [2.75, 3.05) is 19.4 Å². The van der Waals surface area contributed by atoms with Crippen LogP contribution in [-0.2, 0) is 13.1 Å². The molecule has 0 atom stereocenters. The predicted molar refractivity (Wildman–Crippen MR) is 73.2 cm³/mol. The molecule has 0 aromatic carbocycles. The van der Waals surface area contributed by atoms with Gasteiger partial charge in [-0.2, -0.15) is 0 Å². The minimum absolute atomic E-state index is 0.824. The summed E-state index contributed by atoms with van der Waals surface area (Å²) in [4.78, 5) is 10.8. The number of hydrogen-bond donors (Lipinski definition) is 1. The highest BCUT2D eigenvalue weighted by atomic mass is 15.1. The summed E-state index contributed by atoms with van der Waals surface area (Å²) in [6, 6.07) is 10.1. The number of aromatic nitrogens is 2. The molecule has 2 aromatic rings. The SMILES string of the molecule is CNc1cccc(CN(C)Cc2cccnc2)n1. The van der Waals surface area contributed by atoms with Crippen molar-refractivity contribution >= 4 is 5.82 Å². The molecule has 0 radical (unpaired) electrons. The number of pyridine rings is 2. The van der Waals surface area contributed by atoms with E-state index in [2.05, 4.69) is 33.3 Å². The molecule has 2 rings (SSSR count). The van der Waals surface area contributed by atoms with Crippen molar-refractivity contribution in [3.05, 3.63) is 54.0 Å². The molecule has 4 nitrogen and oxygen atoms in total. The van der Waals surface area contributed by atoms with Crippen molar-refractivity contribution in [3.8, 4) is 0 Å². The summed E-state index contributed by atoms with van der Waals surface area (Å²) < 4.78 is 0. The Hall–Kier alpha value is -1.94. The molecule has 1 N–H and O–H groups in total. The molecule has 0 amide bonds. The summed E-state index contributed by atoms with van der Waals surface area (Å²) in [5.74, 6) is 0.905. The van der Waals surface area contributed by atoms with Crippen LogP contribution in [0, 0.1) is 0 Å². The minimum atomic E-state index is 0.824. The van der Waals surface area contributed by atoms with Crippen LogP contribution in [0.4, 0.5) is 5.82 Å². The number of nitrogens with one attached hydrogen (secondary N) is 1. The lowest BCUT2D eigenvalue weighted by molar-refractivity contribution is 0.315. The van der Waals surface area contributed by atoms with Crippen LogP contribution in [0.3, 0.4) is 0 Å². The molecule has 94 valence electrons. The van der Waals surface area contributed by atoms with Gasteiger partial charge in [-0.1, -0.05) is 12.1 Å². The summed E-state index contributed by atoms with van der Waals surface area (Å²) >= 11 is 0. The number of anilines is 1. The highest BCUT2D eigenvalue weighted by Gasteiger charge is 2.03. The smallest absolute Gasteiger partial charge is 0.126 e. The van der Waals surface area contributed by atoms with Gasteiger partial charge in [0.2, 0.25) is 0 Å². The molecule has 0 saturated heterocycles. The van der Waals surface area contributed by atoms with Gasteiger partial charge in [-0.3, -0.25) is 9.88 Å². The zero-order valence-electron chi connectivity index (χ0n) is 10.8. The van der Waals surface area contributed by atoms with E-state index in [0.717, 1.165) is 24.6 Å². The van der Waals surface area contributed by atoms with Crippen molar-refractivity contribution in [2.24, 2.45) is 0 Å². The van der Waals surface area contributed by atoms with Crippen LogP contribution in [0.2, 0.25) is 0 Å². The first-order chi connectivity index (χ1) is 8.78. The van der Waals surface area contributed by atoms with E-state index in [-0.39, 0.29) is 0 Å². The third kappa shape index (κ3) is 3.53. The van der Waals surface area contributed by atoms with Gasteiger partial charge < -0.3 is 5.32 Å². The number of rotatable bonds is 5. The lowest BCUT2D eigenvalue weighted by atomic mass is 10.2. The van der Waals surface area contributed by atoms with Gasteiger partial charge >= 0.3 is 0 Å². The highest BCUT2D eigenvalue weighted by molar-refractivity contribution is 5.34. The van der Waals surface area contributed by atoms with Crippen LogP contribution < -0.4 is 5.32 Å². The van der Waals surface area contributed by atoms with E-state index >= 15 is 0 Å². The van der Waals surface area contributed by atoms with Crippen LogP contribution in [0.25, 0.3) is 0 Å². The zero-order chi connectivity index (χ0) is 12.8. The van der Waals surface area contributed by atoms with Gasteiger partial charge in [-0.05, 0) is 30.8 Å². The maximum absolute atomic E-state index is 4.50. The van der Waals surface area contributed by atoms with Crippen LogP contribution in [0.1, 0.15) is 11.3 Å². The second-order valence-corrected chi connectivity index (χ2v) is 4.30. The van der Waals surface area contributed by atoms with Gasteiger partial charge in [-0.25, -0.2) is 4.98 Å². The predicted octanol–water partition coefficient (Wildman–Crippen LogP) is 2.15. The Morgan fingerprint density at radius 1 is 1.17 bits per heavy atom. The van der Waals surface area contributed by atoms with E-state index in [1.54, 1.807) is 6.20 Å². The first kappa shape index (κ1) is 12.5. The lowest BCUT2D eigenvalue weighted by Crippen LogP contribution is -2.18. The molecule has 0 aliphatic carbocycles. The van der Waals surface area contributed by atoms with E-state index in [4.69, 9.17) is 0 Å². The topological polar surface area (TPSA) is 41.0 Å². The third-order valence-electron chi connectivity index (χ3n) is 2.67. The summed E-state index contributed by atoms with van der Waals surface area (Å²) in [7, 11) is 3.96. The quantitative estimate of drug-likeness (QED) is 0.872. The fourth-order valence-electron chi connectivity index (χ4n) is 1.84. The molecule has 0 aliphatic heterocycles. The fraction of sp³-hybridized carbons (Fsp3) is 0.286. The van der Waals surface area contributed by atoms with Crippen molar-refractivity contribution in [1.29, 1.82) is 0 Å². The molecule has 4 heteroatoms. The van der Waals surface area contributed by atoms with Crippen molar-refractivity contribution in [3.63, 3.8) is 0 Å². The monoisotopic (exact) mass is 242 g/mol. The van der Waals surface area contributed by atoms with Crippen LogP contribution in [0.15, 0.2) is 42.7 Å². The Kier molecular flexibility index (Phi) is 4.25. The Morgan fingerprint density at radius 2 is 2.06 bits per heavy atom. The molecular weight excluding hydrogens is 224 g/mol. The Bertz CT molecular complexity index is 484. The third-order valence-corrected chi connectivity index (χ3v) is 2.67. The summed E-state index contributed by atoms with van der Waals surface area (Å²) in [6.07, 6.45) is 3.69. The van der Waals surface area contributed by atoms with Crippen molar-refractivity contribution in [1.82, 2.24) is 14.9 Å². The molecule has 0 aliphatic rings. The summed E-state index contributed by atoms with van der Waals surface area (Å²) in [5, 5.41) is 3.05. The van der Waals surface area contributed by atoms with E-state index in [9.17, 15) is 0 Å². The van der Waals surface area contributed by atoms with Crippen molar-refractivity contribution < 1.29 is 0 Å². The zero-order valence-corrected chi connectivity index (χ0v) is 10.8. The molecule has 18 heavy (non-hydrogen) atoms. The molecule has 0 saturated carbocycles. The van der Waals surface area contributed by atoms with Crippen LogP contribution in [0.5, 0.6) is 0 Å². The van der Waals surface area contributed by atoms with Gasteiger partial charge in [-0.15, -0.1) is 0 Å². The fourth-order valence-corrected chi connectivity index (χ4v) is 1.84. The van der Waals surface area contributed by atoms with Gasteiger partial charge in [0.15, 0.2) is 0 Å². The lowest BCUT2D eigenvalue weighted by Gasteiger charge is -2.16. The first-order valence-corrected chi connectivity index (χ1v) is 5.99. The molecule has 0 unspecified atom stereocenters. The minimum Gasteiger partial charge on any atom is -0.373 e. The molecular formula is C14H18N4. The molecule has 0 bridgehead atoms. The van der Waals surface area contributed by atoms with E-state index in [1.165, 1.54) is 5.56 Å². The molecule has 0 spiro atoms. The largest absolute Gasteiger partial charge is 0.373 e. The summed E-state index contributed by atoms with van der Waals surface area (Å²) in [6.45, 7) is 1.70. The van der Waals surface area contributed by atoms with Gasteiger partial charge in [0.05, 0.1) is 5.69 Å². The van der Waals surface area contributed by atoms with E-state index in [0.29, 0.717) is 0 Å². The second-order valence-electron chi connectivity index (χ2n) is 4.30. The molecule has 2 heterocycles. The van der Waals surface area contributed by atoms with Gasteiger partial charge in [0.25, 0.3) is 0 Å². The Balaban J connectivity index is 1.96. The normalized spacial score (nSPS) is 10.6. The standard InChI is InChI=1S/C14H18N4/c1-15-14-7-3-6-13(17-14)11-18(2)10-12-5-4-8-16-9-12/h3-9H,10-11H2,1-2H3,(H,15,17). The van der Waals surface area contributed by atoms with Crippen LogP contribution in [-0.4, -0.2) is 29.0 Å². The highest BCUT2D eigenvalue weighted by Crippen LogP contribution is 2.08. The van der Waals surface area contributed by atoms with Crippen LogP contribution >= 0.6 is 0 Å².